The van der Waals surface area contributed by atoms with Crippen LogP contribution in [-0.2, 0) is 25.9 Å². The van der Waals surface area contributed by atoms with Crippen molar-refractivity contribution in [2.24, 2.45) is 0 Å². The maximum Gasteiger partial charge on any atom is 0.267 e. The van der Waals surface area contributed by atoms with Crippen molar-refractivity contribution in [1.29, 1.82) is 0 Å². The second kappa shape index (κ2) is 5.92. The number of fused-ring (bicyclic) bond motifs is 1. The molecule has 2 aromatic heterocycles. The third-order valence-corrected chi connectivity index (χ3v) is 4.95. The van der Waals surface area contributed by atoms with Gasteiger partial charge in [0.15, 0.2) is 0 Å². The van der Waals surface area contributed by atoms with Gasteiger partial charge in [0.25, 0.3) is 5.56 Å². The molecule has 2 aliphatic rings. The number of rotatable bonds is 4. The van der Waals surface area contributed by atoms with Gasteiger partial charge in [-0.2, -0.15) is 5.10 Å². The lowest BCUT2D eigenvalue weighted by Gasteiger charge is -2.23. The zero-order chi connectivity index (χ0) is 15.8. The Kier molecular flexibility index (Phi) is 3.77. The molecule has 1 unspecified atom stereocenters. The lowest BCUT2D eigenvalue weighted by molar-refractivity contribution is 0.210. The Morgan fingerprint density at radius 1 is 1.30 bits per heavy atom. The van der Waals surface area contributed by atoms with Crippen LogP contribution in [0.15, 0.2) is 21.5 Å². The van der Waals surface area contributed by atoms with Crippen molar-refractivity contribution in [2.45, 2.75) is 58.2 Å². The first-order valence-electron chi connectivity index (χ1n) is 8.45. The average molecular weight is 314 g/mol. The van der Waals surface area contributed by atoms with E-state index < -0.39 is 0 Å². The summed E-state index contributed by atoms with van der Waals surface area (Å²) in [4.78, 5) is 14.7. The van der Waals surface area contributed by atoms with E-state index in [1.54, 1.807) is 10.7 Å². The van der Waals surface area contributed by atoms with Crippen LogP contribution in [-0.4, -0.2) is 32.4 Å². The number of hydrogen-bond donors (Lipinski definition) is 0. The van der Waals surface area contributed by atoms with Crippen LogP contribution in [0.5, 0.6) is 0 Å². The van der Waals surface area contributed by atoms with Crippen LogP contribution in [0.4, 0.5) is 0 Å². The highest BCUT2D eigenvalue weighted by atomic mass is 16.5. The first-order valence-corrected chi connectivity index (χ1v) is 8.45. The minimum atomic E-state index is 0.0368. The Hall–Kier alpha value is -1.95. The molecule has 0 N–H and O–H groups in total. The molecule has 0 saturated carbocycles. The summed E-state index contributed by atoms with van der Waals surface area (Å²) in [7, 11) is 0. The molecular weight excluding hydrogens is 292 g/mol. The number of nitrogens with zero attached hydrogens (tertiary/aromatic N) is 4. The van der Waals surface area contributed by atoms with Gasteiger partial charge in [-0.25, -0.2) is 4.68 Å². The SMILES string of the molecule is Cc1cc(CN2CCCC2Cn2nc3c(cc2=O)CCC3)no1. The van der Waals surface area contributed by atoms with E-state index in [9.17, 15) is 4.79 Å². The molecule has 1 saturated heterocycles. The van der Waals surface area contributed by atoms with E-state index in [4.69, 9.17) is 4.52 Å². The van der Waals surface area contributed by atoms with Crippen molar-refractivity contribution in [1.82, 2.24) is 19.8 Å². The summed E-state index contributed by atoms with van der Waals surface area (Å²) in [5, 5.41) is 8.69. The molecule has 23 heavy (non-hydrogen) atoms. The third kappa shape index (κ3) is 2.95. The van der Waals surface area contributed by atoms with Crippen LogP contribution in [0.1, 0.15) is 42.0 Å². The topological polar surface area (TPSA) is 64.2 Å². The van der Waals surface area contributed by atoms with Crippen LogP contribution in [0.25, 0.3) is 0 Å². The molecule has 4 rings (SSSR count). The fourth-order valence-electron chi connectivity index (χ4n) is 3.78. The van der Waals surface area contributed by atoms with Crippen LogP contribution in [0.3, 0.4) is 0 Å². The van der Waals surface area contributed by atoms with E-state index in [0.29, 0.717) is 12.6 Å². The molecule has 6 heteroatoms. The molecule has 122 valence electrons. The summed E-state index contributed by atoms with van der Waals surface area (Å²) in [6.07, 6.45) is 5.37. The Balaban J connectivity index is 1.50. The highest BCUT2D eigenvalue weighted by Gasteiger charge is 2.27. The number of likely N-dealkylation sites (tertiary alicyclic amines) is 1. The van der Waals surface area contributed by atoms with E-state index in [2.05, 4.69) is 15.2 Å². The van der Waals surface area contributed by atoms with Gasteiger partial charge < -0.3 is 4.52 Å². The van der Waals surface area contributed by atoms with E-state index in [1.807, 2.05) is 13.0 Å². The molecule has 1 fully saturated rings. The Bertz CT molecular complexity index is 764. The van der Waals surface area contributed by atoms with Gasteiger partial charge in [-0.3, -0.25) is 9.69 Å². The zero-order valence-electron chi connectivity index (χ0n) is 13.5. The monoisotopic (exact) mass is 314 g/mol. The molecular formula is C17H22N4O2. The number of aromatic nitrogens is 3. The molecule has 0 amide bonds. The van der Waals surface area contributed by atoms with Gasteiger partial charge >= 0.3 is 0 Å². The van der Waals surface area contributed by atoms with Crippen LogP contribution in [0, 0.1) is 6.92 Å². The lowest BCUT2D eigenvalue weighted by atomic mass is 10.2. The second-order valence-electron chi connectivity index (χ2n) is 6.69. The summed E-state index contributed by atoms with van der Waals surface area (Å²) in [6, 6.07) is 4.11. The molecule has 2 aromatic rings. The van der Waals surface area contributed by atoms with Gasteiger partial charge in [-0.05, 0) is 51.1 Å². The van der Waals surface area contributed by atoms with E-state index in [0.717, 1.165) is 67.9 Å². The van der Waals surface area contributed by atoms with Crippen LogP contribution >= 0.6 is 0 Å². The van der Waals surface area contributed by atoms with Crippen molar-refractivity contribution in [3.8, 4) is 0 Å². The van der Waals surface area contributed by atoms with Crippen molar-refractivity contribution in [3.05, 3.63) is 45.2 Å². The molecule has 1 aliphatic carbocycles. The minimum absolute atomic E-state index is 0.0368. The van der Waals surface area contributed by atoms with Crippen molar-refractivity contribution >= 4 is 0 Å². The predicted octanol–water partition coefficient (Wildman–Crippen LogP) is 1.69. The molecule has 3 heterocycles. The third-order valence-electron chi connectivity index (χ3n) is 4.95. The normalized spacial score (nSPS) is 21.0. The summed E-state index contributed by atoms with van der Waals surface area (Å²) in [5.74, 6) is 0.840. The first-order chi connectivity index (χ1) is 11.2. The molecule has 1 aliphatic heterocycles. The first kappa shape index (κ1) is 14.6. The smallest absolute Gasteiger partial charge is 0.267 e. The molecule has 1 atom stereocenters. The zero-order valence-corrected chi connectivity index (χ0v) is 13.5. The van der Waals surface area contributed by atoms with Gasteiger partial charge in [-0.1, -0.05) is 5.16 Å². The van der Waals surface area contributed by atoms with Crippen LogP contribution < -0.4 is 5.56 Å². The van der Waals surface area contributed by atoms with Crippen molar-refractivity contribution < 1.29 is 4.52 Å². The summed E-state index contributed by atoms with van der Waals surface area (Å²) in [6.45, 7) is 4.40. The lowest BCUT2D eigenvalue weighted by Crippen LogP contribution is -2.37. The summed E-state index contributed by atoms with van der Waals surface area (Å²) < 4.78 is 6.82. The van der Waals surface area contributed by atoms with E-state index in [1.165, 1.54) is 0 Å². The molecule has 0 bridgehead atoms. The highest BCUT2D eigenvalue weighted by molar-refractivity contribution is 5.22. The largest absolute Gasteiger partial charge is 0.361 e. The predicted molar refractivity (Wildman–Crippen MR) is 85.2 cm³/mol. The maximum absolute atomic E-state index is 12.3. The molecule has 0 aromatic carbocycles. The summed E-state index contributed by atoms with van der Waals surface area (Å²) >= 11 is 0. The second-order valence-corrected chi connectivity index (χ2v) is 6.69. The van der Waals surface area contributed by atoms with Crippen molar-refractivity contribution in [3.63, 3.8) is 0 Å². The fourth-order valence-corrected chi connectivity index (χ4v) is 3.78. The van der Waals surface area contributed by atoms with E-state index in [-0.39, 0.29) is 5.56 Å². The quantitative estimate of drug-likeness (QED) is 0.859. The number of hydrogen-bond acceptors (Lipinski definition) is 5. The van der Waals surface area contributed by atoms with Gasteiger partial charge in [0.1, 0.15) is 5.76 Å². The number of aryl methyl sites for hydroxylation is 3. The van der Waals surface area contributed by atoms with Crippen molar-refractivity contribution in [2.75, 3.05) is 6.54 Å². The Morgan fingerprint density at radius 3 is 3.04 bits per heavy atom. The van der Waals surface area contributed by atoms with Gasteiger partial charge in [0, 0.05) is 24.7 Å². The fraction of sp³-hybridized carbons (Fsp3) is 0.588. The van der Waals surface area contributed by atoms with Gasteiger partial charge in [-0.15, -0.1) is 0 Å². The minimum Gasteiger partial charge on any atom is -0.361 e. The van der Waals surface area contributed by atoms with Crippen LogP contribution in [0.2, 0.25) is 0 Å². The molecule has 6 nitrogen and oxygen atoms in total. The average Bonchev–Trinajstić information content (AvgIpc) is 3.23. The van der Waals surface area contributed by atoms with Gasteiger partial charge in [0.05, 0.1) is 17.9 Å². The molecule has 0 radical (unpaired) electrons. The maximum atomic E-state index is 12.3. The Labute approximate surface area is 135 Å². The van der Waals surface area contributed by atoms with Gasteiger partial charge in [0.2, 0.25) is 0 Å². The summed E-state index contributed by atoms with van der Waals surface area (Å²) in [5.41, 5.74) is 3.26. The van der Waals surface area contributed by atoms with E-state index >= 15 is 0 Å². The molecule has 0 spiro atoms. The Morgan fingerprint density at radius 2 is 2.22 bits per heavy atom. The standard InChI is InChI=1S/C17H22N4O2/c1-12-8-14(19-23-12)10-20-7-3-5-15(20)11-21-17(22)9-13-4-2-6-16(13)18-21/h8-9,15H,2-7,10-11H2,1H3. The highest BCUT2D eigenvalue weighted by Crippen LogP contribution is 2.22.